The molecule has 0 aliphatic carbocycles. The Morgan fingerprint density at radius 1 is 0.714 bits per heavy atom. The van der Waals surface area contributed by atoms with Crippen molar-refractivity contribution in [1.29, 1.82) is 0 Å². The molecule has 0 radical (unpaired) electrons. The first-order valence-corrected chi connectivity index (χ1v) is 12.8. The molecule has 0 spiro atoms. The third-order valence-corrected chi connectivity index (χ3v) is 9.81. The van der Waals surface area contributed by atoms with Gasteiger partial charge >= 0.3 is 12.1 Å². The van der Waals surface area contributed by atoms with E-state index in [4.69, 9.17) is 0 Å². The van der Waals surface area contributed by atoms with Crippen LogP contribution in [0.15, 0.2) is 17.7 Å². The Bertz CT molecular complexity index is 1480. The van der Waals surface area contributed by atoms with Gasteiger partial charge in [0, 0.05) is 53.8 Å². The molecule has 5 heterocycles. The molecule has 10 nitrogen and oxygen atoms in total. The van der Waals surface area contributed by atoms with Crippen LogP contribution in [-0.4, -0.2) is 83.5 Å². The molecule has 180 valence electrons. The molecule has 0 saturated carbocycles. The first-order valence-electron chi connectivity index (χ1n) is 10.3. The molecule has 8 amide bonds. The molecule has 0 bridgehead atoms. The van der Waals surface area contributed by atoms with Crippen molar-refractivity contribution in [2.45, 2.75) is 6.42 Å². The Morgan fingerprint density at radius 2 is 1.23 bits per heavy atom. The van der Waals surface area contributed by atoms with Gasteiger partial charge < -0.3 is 0 Å². The molecule has 5 rings (SSSR count). The fourth-order valence-corrected chi connectivity index (χ4v) is 8.10. The van der Waals surface area contributed by atoms with Gasteiger partial charge in [-0.2, -0.15) is 0 Å². The van der Waals surface area contributed by atoms with Crippen molar-refractivity contribution in [3.8, 4) is 0 Å². The molecule has 35 heavy (non-hydrogen) atoms. The summed E-state index contributed by atoms with van der Waals surface area (Å²) in [6.07, 6.45) is 1.70. The second-order valence-corrected chi connectivity index (χ2v) is 11.6. The lowest BCUT2D eigenvalue weighted by molar-refractivity contribution is -0.147. The topological polar surface area (TPSA) is 115 Å². The van der Waals surface area contributed by atoms with Crippen molar-refractivity contribution in [2.75, 3.05) is 28.2 Å². The molecule has 0 aromatic carbocycles. The average Bonchev–Trinajstić information content (AvgIpc) is 3.49. The number of fused-ring (bicyclic) bond motifs is 3. The highest BCUT2D eigenvalue weighted by molar-refractivity contribution is 7.38. The highest BCUT2D eigenvalue weighted by Crippen LogP contribution is 2.44. The Morgan fingerprint density at radius 3 is 1.83 bits per heavy atom. The molecule has 3 aromatic rings. The van der Waals surface area contributed by atoms with Gasteiger partial charge in [-0.05, 0) is 18.2 Å². The third-order valence-electron chi connectivity index (χ3n) is 6.06. The summed E-state index contributed by atoms with van der Waals surface area (Å²) in [5, 5.41) is 0. The van der Waals surface area contributed by atoms with E-state index >= 15 is 0 Å². The third kappa shape index (κ3) is 3.49. The van der Waals surface area contributed by atoms with Crippen molar-refractivity contribution < 1.29 is 28.8 Å². The molecule has 0 atom stereocenters. The second kappa shape index (κ2) is 8.07. The van der Waals surface area contributed by atoms with Crippen molar-refractivity contribution in [2.24, 2.45) is 5.92 Å². The Kier molecular flexibility index (Phi) is 5.38. The molecule has 0 unspecified atom stereocenters. The van der Waals surface area contributed by atoms with Crippen molar-refractivity contribution in [1.82, 2.24) is 19.6 Å². The van der Waals surface area contributed by atoms with Crippen LogP contribution < -0.4 is 0 Å². The summed E-state index contributed by atoms with van der Waals surface area (Å²) in [4.78, 5) is 79.3. The van der Waals surface area contributed by atoms with Gasteiger partial charge in [0.15, 0.2) is 0 Å². The predicted molar refractivity (Wildman–Crippen MR) is 132 cm³/mol. The number of carbonyl (C=O) groups excluding carboxylic acids is 6. The van der Waals surface area contributed by atoms with E-state index in [1.165, 1.54) is 68.3 Å². The summed E-state index contributed by atoms with van der Waals surface area (Å²) < 4.78 is 3.97. The van der Waals surface area contributed by atoms with Crippen LogP contribution in [0, 0.1) is 5.92 Å². The van der Waals surface area contributed by atoms with E-state index < -0.39 is 41.6 Å². The quantitative estimate of drug-likeness (QED) is 0.292. The molecule has 2 saturated heterocycles. The fourth-order valence-electron chi connectivity index (χ4n) is 4.05. The van der Waals surface area contributed by atoms with Gasteiger partial charge in [0.25, 0.3) is 11.8 Å². The Labute approximate surface area is 210 Å². The standard InChI is InChI=1S/C22H18N4O6S3/c1-23-17(27)11(18(28)24(2)21(23)31)5-9-7-13-15(33-9)16-14(35-13)8-10(34-16)6-12-19(29)25(3)22(32)26(4)20(12)30/h5,7-8,12H,6H2,1-4H3. The SMILES string of the molecule is CN1C(=O)C(=Cc2cc3sc4cc(CC5C(=O)N(C)C(=O)N(C)C5=O)sc4c3s2)C(=O)N(C)C1=O. The molecule has 2 aliphatic rings. The minimum Gasteiger partial charge on any atom is -0.273 e. The summed E-state index contributed by atoms with van der Waals surface area (Å²) in [6.45, 7) is 0. The average molecular weight is 531 g/mol. The van der Waals surface area contributed by atoms with Crippen LogP contribution >= 0.6 is 34.0 Å². The van der Waals surface area contributed by atoms with Gasteiger partial charge in [-0.15, -0.1) is 34.0 Å². The van der Waals surface area contributed by atoms with E-state index in [0.29, 0.717) is 4.88 Å². The minimum absolute atomic E-state index is 0.0799. The number of rotatable bonds is 3. The maximum Gasteiger partial charge on any atom is 0.333 e. The van der Waals surface area contributed by atoms with Gasteiger partial charge in [0.1, 0.15) is 11.5 Å². The summed E-state index contributed by atoms with van der Waals surface area (Å²) in [5.74, 6) is -3.27. The largest absolute Gasteiger partial charge is 0.333 e. The van der Waals surface area contributed by atoms with Gasteiger partial charge in [0.2, 0.25) is 11.8 Å². The van der Waals surface area contributed by atoms with E-state index in [-0.39, 0.29) is 12.0 Å². The maximum absolute atomic E-state index is 12.6. The number of hydrogen-bond donors (Lipinski definition) is 0. The monoisotopic (exact) mass is 530 g/mol. The zero-order valence-electron chi connectivity index (χ0n) is 19.0. The van der Waals surface area contributed by atoms with Crippen LogP contribution in [-0.2, 0) is 25.6 Å². The number of urea groups is 2. The number of thiophene rings is 3. The summed E-state index contributed by atoms with van der Waals surface area (Å²) in [6, 6.07) is 2.54. The molecule has 2 aliphatic heterocycles. The zero-order valence-corrected chi connectivity index (χ0v) is 21.4. The van der Waals surface area contributed by atoms with Crippen molar-refractivity contribution >= 4 is 94.6 Å². The van der Waals surface area contributed by atoms with Gasteiger partial charge in [0.05, 0.1) is 9.40 Å². The number of carbonyl (C=O) groups is 6. The lowest BCUT2D eigenvalue weighted by atomic mass is 9.99. The normalized spacial score (nSPS) is 18.3. The van der Waals surface area contributed by atoms with Crippen molar-refractivity contribution in [3.05, 3.63) is 27.5 Å². The number of likely N-dealkylation sites (N-methyl/N-ethyl adjacent to an activating group) is 2. The number of hydrogen-bond acceptors (Lipinski definition) is 9. The van der Waals surface area contributed by atoms with Gasteiger partial charge in [-0.3, -0.25) is 38.8 Å². The maximum atomic E-state index is 12.6. The number of nitrogens with zero attached hydrogens (tertiary/aromatic N) is 4. The van der Waals surface area contributed by atoms with Crippen molar-refractivity contribution in [3.63, 3.8) is 0 Å². The molecule has 2 fully saturated rings. The van der Waals surface area contributed by atoms with Gasteiger partial charge in [-0.1, -0.05) is 0 Å². The second-order valence-electron chi connectivity index (χ2n) is 8.25. The van der Waals surface area contributed by atoms with Gasteiger partial charge in [-0.25, -0.2) is 9.59 Å². The van der Waals surface area contributed by atoms with Crippen LogP contribution in [0.3, 0.4) is 0 Å². The summed E-state index contributed by atoms with van der Waals surface area (Å²) in [7, 11) is 5.40. The summed E-state index contributed by atoms with van der Waals surface area (Å²) >= 11 is 4.43. The highest BCUT2D eigenvalue weighted by Gasteiger charge is 2.42. The number of amides is 8. The first kappa shape index (κ1) is 23.3. The number of barbiturate groups is 2. The van der Waals surface area contributed by atoms with Crippen LogP contribution in [0.2, 0.25) is 0 Å². The van der Waals surface area contributed by atoms with Crippen LogP contribution in [0.1, 0.15) is 9.75 Å². The van der Waals surface area contributed by atoms with Crippen LogP contribution in [0.5, 0.6) is 0 Å². The van der Waals surface area contributed by atoms with E-state index in [2.05, 4.69) is 0 Å². The van der Waals surface area contributed by atoms with Crippen LogP contribution in [0.4, 0.5) is 9.59 Å². The van der Waals surface area contributed by atoms with Crippen LogP contribution in [0.25, 0.3) is 24.9 Å². The van der Waals surface area contributed by atoms with E-state index in [9.17, 15) is 28.8 Å². The van der Waals surface area contributed by atoms with E-state index in [1.807, 2.05) is 12.1 Å². The molecule has 13 heteroatoms. The highest BCUT2D eigenvalue weighted by atomic mass is 32.1. The first-order chi connectivity index (χ1) is 16.5. The molecular weight excluding hydrogens is 512 g/mol. The zero-order chi connectivity index (χ0) is 25.3. The molecule has 0 N–H and O–H groups in total. The Balaban J connectivity index is 1.46. The smallest absolute Gasteiger partial charge is 0.273 e. The minimum atomic E-state index is -0.949. The van der Waals surface area contributed by atoms with E-state index in [1.54, 1.807) is 0 Å². The Hall–Kier alpha value is -3.42. The number of imide groups is 4. The fraction of sp³-hybridized carbons (Fsp3) is 0.273. The summed E-state index contributed by atoms with van der Waals surface area (Å²) in [5.41, 5.74) is -0.0799. The molecule has 3 aromatic heterocycles. The predicted octanol–water partition coefficient (Wildman–Crippen LogP) is 2.82. The lowest BCUT2D eigenvalue weighted by Gasteiger charge is -2.32. The lowest BCUT2D eigenvalue weighted by Crippen LogP contribution is -2.57. The molecular formula is C22H18N4O6S3. The van der Waals surface area contributed by atoms with E-state index in [0.717, 1.165) is 43.3 Å².